The summed E-state index contributed by atoms with van der Waals surface area (Å²) in [7, 11) is 0. The van der Waals surface area contributed by atoms with Gasteiger partial charge in [0.25, 0.3) is 0 Å². The van der Waals surface area contributed by atoms with Crippen LogP contribution in [-0.4, -0.2) is 12.4 Å². The first kappa shape index (κ1) is 7.21. The Morgan fingerprint density at radius 1 is 1.75 bits per heavy atom. The highest BCUT2D eigenvalue weighted by molar-refractivity contribution is 5.91. The molecule has 0 amide bonds. The topological polar surface area (TPSA) is 38.4 Å². The molecular weight excluding hydrogens is 100 g/mol. The van der Waals surface area contributed by atoms with E-state index in [-0.39, 0.29) is 0 Å². The van der Waals surface area contributed by atoms with Gasteiger partial charge < -0.3 is 5.73 Å². The maximum absolute atomic E-state index is 5.36. The van der Waals surface area contributed by atoms with Crippen molar-refractivity contribution in [1.29, 1.82) is 0 Å². The molecule has 0 aliphatic rings. The monoisotopic (exact) mass is 112 g/mol. The molecule has 0 saturated carbocycles. The molecule has 0 saturated heterocycles. The van der Waals surface area contributed by atoms with E-state index in [4.69, 9.17) is 5.73 Å². The minimum atomic E-state index is 0.606. The number of nitrogens with zero attached hydrogens (tertiary/aromatic N) is 1. The molecule has 2 nitrogen and oxygen atoms in total. The first-order valence-corrected chi connectivity index (χ1v) is 2.73. The van der Waals surface area contributed by atoms with E-state index in [1.807, 2.05) is 19.9 Å². The van der Waals surface area contributed by atoms with Crippen molar-refractivity contribution in [3.63, 3.8) is 0 Å². The van der Waals surface area contributed by atoms with Gasteiger partial charge in [0.05, 0.1) is 0 Å². The molecule has 0 aromatic rings. The number of nitrogens with two attached hydrogens (primary N) is 1. The third-order valence-corrected chi connectivity index (χ3v) is 0.678. The largest absolute Gasteiger partial charge is 0.384 e. The predicted molar refractivity (Wildman–Crippen MR) is 37.0 cm³/mol. The Labute approximate surface area is 50.1 Å². The summed E-state index contributed by atoms with van der Waals surface area (Å²) in [6.07, 6.45) is 3.65. The Balaban J connectivity index is 3.61. The van der Waals surface area contributed by atoms with Crippen LogP contribution in [0.1, 0.15) is 13.8 Å². The zero-order chi connectivity index (χ0) is 6.41. The van der Waals surface area contributed by atoms with Crippen LogP contribution in [0.15, 0.2) is 17.1 Å². The highest BCUT2D eigenvalue weighted by Crippen LogP contribution is 1.72. The van der Waals surface area contributed by atoms with Crippen molar-refractivity contribution in [1.82, 2.24) is 0 Å². The second-order valence-electron chi connectivity index (χ2n) is 1.40. The number of rotatable bonds is 2. The van der Waals surface area contributed by atoms with E-state index in [9.17, 15) is 0 Å². The zero-order valence-corrected chi connectivity index (χ0v) is 5.39. The van der Waals surface area contributed by atoms with Crippen LogP contribution in [-0.2, 0) is 0 Å². The Morgan fingerprint density at radius 3 is 2.75 bits per heavy atom. The van der Waals surface area contributed by atoms with E-state index < -0.39 is 0 Å². The van der Waals surface area contributed by atoms with E-state index in [2.05, 4.69) is 4.99 Å². The summed E-state index contributed by atoms with van der Waals surface area (Å²) in [5.41, 5.74) is 5.36. The summed E-state index contributed by atoms with van der Waals surface area (Å²) in [5.74, 6) is 0.606. The van der Waals surface area contributed by atoms with Crippen molar-refractivity contribution in [3.8, 4) is 0 Å². The lowest BCUT2D eigenvalue weighted by atomic mass is 10.5. The first-order valence-electron chi connectivity index (χ1n) is 2.73. The summed E-state index contributed by atoms with van der Waals surface area (Å²) < 4.78 is 0. The van der Waals surface area contributed by atoms with E-state index in [1.165, 1.54) is 0 Å². The molecule has 0 radical (unpaired) electrons. The summed E-state index contributed by atoms with van der Waals surface area (Å²) in [6.45, 7) is 4.63. The van der Waals surface area contributed by atoms with Crippen LogP contribution in [0.5, 0.6) is 0 Å². The third-order valence-electron chi connectivity index (χ3n) is 0.678. The van der Waals surface area contributed by atoms with Crippen molar-refractivity contribution in [2.75, 3.05) is 6.54 Å². The van der Waals surface area contributed by atoms with Gasteiger partial charge in [-0.05, 0) is 19.9 Å². The Kier molecular flexibility index (Phi) is 3.94. The second-order valence-corrected chi connectivity index (χ2v) is 1.40. The van der Waals surface area contributed by atoms with Gasteiger partial charge in [-0.15, -0.1) is 0 Å². The third kappa shape index (κ3) is 3.40. The molecule has 0 aliphatic heterocycles. The number of hydrogen-bond acceptors (Lipinski definition) is 1. The zero-order valence-electron chi connectivity index (χ0n) is 5.39. The maximum Gasteiger partial charge on any atom is 0.117 e. The molecule has 8 heavy (non-hydrogen) atoms. The van der Waals surface area contributed by atoms with Gasteiger partial charge in [-0.1, -0.05) is 6.08 Å². The van der Waals surface area contributed by atoms with Crippen LogP contribution in [0.4, 0.5) is 0 Å². The van der Waals surface area contributed by atoms with E-state index in [0.717, 1.165) is 6.54 Å². The minimum Gasteiger partial charge on any atom is -0.384 e. The normalized spacial score (nSPS) is 13.0. The first-order chi connectivity index (χ1) is 3.81. The van der Waals surface area contributed by atoms with Crippen molar-refractivity contribution < 1.29 is 0 Å². The SMILES string of the molecule is C/C=C\C(N)=NCC. The van der Waals surface area contributed by atoms with Crippen LogP contribution in [0.2, 0.25) is 0 Å². The Hall–Kier alpha value is -0.790. The van der Waals surface area contributed by atoms with Crippen molar-refractivity contribution in [2.45, 2.75) is 13.8 Å². The van der Waals surface area contributed by atoms with Gasteiger partial charge in [-0.3, -0.25) is 4.99 Å². The second kappa shape index (κ2) is 4.37. The van der Waals surface area contributed by atoms with Gasteiger partial charge >= 0.3 is 0 Å². The lowest BCUT2D eigenvalue weighted by molar-refractivity contribution is 1.12. The van der Waals surface area contributed by atoms with Crippen LogP contribution in [0, 0.1) is 0 Å². The number of allylic oxidation sites excluding steroid dienone is 1. The molecule has 0 unspecified atom stereocenters. The molecule has 0 bridgehead atoms. The fourth-order valence-electron chi connectivity index (χ4n) is 0.406. The quantitative estimate of drug-likeness (QED) is 0.419. The average molecular weight is 112 g/mol. The number of amidine groups is 1. The molecule has 0 spiro atoms. The number of hydrogen-bond donors (Lipinski definition) is 1. The van der Waals surface area contributed by atoms with Gasteiger partial charge in [-0.25, -0.2) is 0 Å². The van der Waals surface area contributed by atoms with Crippen LogP contribution >= 0.6 is 0 Å². The molecule has 0 aromatic heterocycles. The summed E-state index contributed by atoms with van der Waals surface area (Å²) in [6, 6.07) is 0. The van der Waals surface area contributed by atoms with Gasteiger partial charge in [0, 0.05) is 6.54 Å². The molecule has 0 aliphatic carbocycles. The van der Waals surface area contributed by atoms with Crippen molar-refractivity contribution in [3.05, 3.63) is 12.2 Å². The van der Waals surface area contributed by atoms with E-state index in [1.54, 1.807) is 6.08 Å². The van der Waals surface area contributed by atoms with Crippen molar-refractivity contribution in [2.24, 2.45) is 10.7 Å². The highest BCUT2D eigenvalue weighted by Gasteiger charge is 1.75. The van der Waals surface area contributed by atoms with Gasteiger partial charge in [-0.2, -0.15) is 0 Å². The standard InChI is InChI=1S/C6H12N2/c1-3-5-6(7)8-4-2/h3,5H,4H2,1-2H3,(H2,7,8)/b5-3-. The minimum absolute atomic E-state index is 0.606. The lowest BCUT2D eigenvalue weighted by Crippen LogP contribution is -2.07. The van der Waals surface area contributed by atoms with Gasteiger partial charge in [0.1, 0.15) is 5.84 Å². The predicted octanol–water partition coefficient (Wildman–Crippen LogP) is 0.940. The van der Waals surface area contributed by atoms with Crippen molar-refractivity contribution >= 4 is 5.84 Å². The summed E-state index contributed by atoms with van der Waals surface area (Å²) >= 11 is 0. The van der Waals surface area contributed by atoms with E-state index in [0.29, 0.717) is 5.84 Å². The molecule has 46 valence electrons. The lowest BCUT2D eigenvalue weighted by Gasteiger charge is -1.86. The van der Waals surface area contributed by atoms with E-state index >= 15 is 0 Å². The summed E-state index contributed by atoms with van der Waals surface area (Å²) in [5, 5.41) is 0. The Bertz CT molecular complexity index is 103. The molecular formula is C6H12N2. The molecule has 2 heteroatoms. The fraction of sp³-hybridized carbons (Fsp3) is 0.500. The van der Waals surface area contributed by atoms with Crippen LogP contribution in [0.25, 0.3) is 0 Å². The van der Waals surface area contributed by atoms with Crippen LogP contribution < -0.4 is 5.73 Å². The highest BCUT2D eigenvalue weighted by atomic mass is 14.8. The number of aliphatic imine (C=N–C) groups is 1. The van der Waals surface area contributed by atoms with Crippen LogP contribution in [0.3, 0.4) is 0 Å². The molecule has 0 atom stereocenters. The molecule has 0 aromatic carbocycles. The Morgan fingerprint density at radius 2 is 2.38 bits per heavy atom. The maximum atomic E-state index is 5.36. The van der Waals surface area contributed by atoms with Gasteiger partial charge in [0.15, 0.2) is 0 Å². The average Bonchev–Trinajstić information content (AvgIpc) is 1.68. The molecule has 0 heterocycles. The summed E-state index contributed by atoms with van der Waals surface area (Å²) in [4.78, 5) is 3.92. The fourth-order valence-corrected chi connectivity index (χ4v) is 0.406. The van der Waals surface area contributed by atoms with Gasteiger partial charge in [0.2, 0.25) is 0 Å². The molecule has 0 fully saturated rings. The smallest absolute Gasteiger partial charge is 0.117 e. The molecule has 0 rings (SSSR count). The molecule has 2 N–H and O–H groups in total.